The summed E-state index contributed by atoms with van der Waals surface area (Å²) in [7, 11) is 0. The highest BCUT2D eigenvalue weighted by atomic mass is 16.3. The molecule has 0 aliphatic heterocycles. The minimum absolute atomic E-state index is 0.205. The molecule has 0 radical (unpaired) electrons. The number of aliphatic hydroxyl groups excluding tert-OH is 1. The van der Waals surface area contributed by atoms with Crippen LogP contribution >= 0.6 is 0 Å². The van der Waals surface area contributed by atoms with Crippen molar-refractivity contribution in [3.05, 3.63) is 12.1 Å². The van der Waals surface area contributed by atoms with Crippen molar-refractivity contribution < 1.29 is 5.11 Å². The molecule has 0 bridgehead atoms. The molecule has 0 spiro atoms. The largest absolute Gasteiger partial charge is 0.396 e. The third kappa shape index (κ3) is 2.01. The summed E-state index contributed by atoms with van der Waals surface area (Å²) in [6, 6.07) is 4.35. The maximum absolute atomic E-state index is 8.99. The molecule has 1 N–H and O–H groups in total. The molecule has 0 aromatic carbocycles. The number of rotatable bonds is 5. The maximum atomic E-state index is 8.99. The van der Waals surface area contributed by atoms with Crippen LogP contribution in [0.1, 0.15) is 25.7 Å². The van der Waals surface area contributed by atoms with E-state index in [0.29, 0.717) is 11.7 Å². The van der Waals surface area contributed by atoms with Crippen LogP contribution in [-0.2, 0) is 0 Å². The average Bonchev–Trinajstić information content (AvgIpc) is 2.78. The van der Waals surface area contributed by atoms with Gasteiger partial charge in [0.05, 0.1) is 0 Å². The minimum atomic E-state index is 0.205. The van der Waals surface area contributed by atoms with Crippen molar-refractivity contribution in [1.29, 1.82) is 0 Å². The highest BCUT2D eigenvalue weighted by Crippen LogP contribution is 2.28. The molecule has 2 heterocycles. The van der Waals surface area contributed by atoms with Crippen molar-refractivity contribution in [2.24, 2.45) is 0 Å². The van der Waals surface area contributed by atoms with Gasteiger partial charge in [-0.3, -0.25) is 0 Å². The van der Waals surface area contributed by atoms with Gasteiger partial charge in [0.15, 0.2) is 11.5 Å². The highest BCUT2D eigenvalue weighted by molar-refractivity contribution is 5.45. The number of anilines is 1. The molecule has 1 aliphatic rings. The van der Waals surface area contributed by atoms with Gasteiger partial charge >= 0.3 is 0 Å². The lowest BCUT2D eigenvalue weighted by molar-refractivity contribution is 0.282. The first-order valence-electron chi connectivity index (χ1n) is 6.31. The molecule has 1 fully saturated rings. The second-order valence-electron chi connectivity index (χ2n) is 4.57. The van der Waals surface area contributed by atoms with E-state index in [0.717, 1.165) is 18.8 Å². The number of hydrogen-bond donors (Lipinski definition) is 1. The van der Waals surface area contributed by atoms with Crippen LogP contribution in [0.3, 0.4) is 0 Å². The Balaban J connectivity index is 1.86. The Morgan fingerprint density at radius 1 is 1.39 bits per heavy atom. The molecule has 0 amide bonds. The minimum Gasteiger partial charge on any atom is -0.396 e. The summed E-state index contributed by atoms with van der Waals surface area (Å²) >= 11 is 0. The number of aliphatic hydroxyl groups is 1. The van der Waals surface area contributed by atoms with Crippen LogP contribution in [0.5, 0.6) is 0 Å². The van der Waals surface area contributed by atoms with E-state index in [1.165, 1.54) is 23.9 Å². The average molecular weight is 248 g/mol. The van der Waals surface area contributed by atoms with Crippen molar-refractivity contribution in [2.45, 2.75) is 31.7 Å². The first kappa shape index (κ1) is 11.3. The van der Waals surface area contributed by atoms with E-state index in [-0.39, 0.29) is 6.61 Å². The predicted octanol–water partition coefficient (Wildman–Crippen LogP) is 0.261. The van der Waals surface area contributed by atoms with Crippen LogP contribution in [0.15, 0.2) is 12.1 Å². The van der Waals surface area contributed by atoms with Crippen molar-refractivity contribution >= 4 is 11.5 Å². The third-order valence-electron chi connectivity index (χ3n) is 3.42. The standard InChI is InChI=1S/C11H16N6O/c18-8-2-7-16(9-3-1-4-9)11-6-5-10-12-14-15-17(10)13-11/h5-6,9,18H,1-4,7-8H2. The van der Waals surface area contributed by atoms with E-state index in [4.69, 9.17) is 5.11 Å². The molecule has 0 unspecified atom stereocenters. The van der Waals surface area contributed by atoms with Crippen LogP contribution in [0, 0.1) is 0 Å². The fraction of sp³-hybridized carbons (Fsp3) is 0.636. The lowest BCUT2D eigenvalue weighted by Crippen LogP contribution is -2.41. The first-order chi connectivity index (χ1) is 8.88. The van der Waals surface area contributed by atoms with E-state index in [1.807, 2.05) is 12.1 Å². The normalized spacial score (nSPS) is 15.8. The van der Waals surface area contributed by atoms with Crippen molar-refractivity contribution in [2.75, 3.05) is 18.1 Å². The lowest BCUT2D eigenvalue weighted by atomic mass is 9.91. The van der Waals surface area contributed by atoms with E-state index in [9.17, 15) is 0 Å². The SMILES string of the molecule is OCCCN(c1ccc2nnnn2n1)C1CCC1. The fourth-order valence-electron chi connectivity index (χ4n) is 2.22. The van der Waals surface area contributed by atoms with Gasteiger partial charge in [-0.25, -0.2) is 0 Å². The monoisotopic (exact) mass is 248 g/mol. The quantitative estimate of drug-likeness (QED) is 0.817. The topological polar surface area (TPSA) is 79.4 Å². The van der Waals surface area contributed by atoms with Gasteiger partial charge in [0, 0.05) is 19.2 Å². The molecular weight excluding hydrogens is 232 g/mol. The van der Waals surface area contributed by atoms with Gasteiger partial charge in [0.25, 0.3) is 0 Å². The molecular formula is C11H16N6O. The van der Waals surface area contributed by atoms with E-state index < -0.39 is 0 Å². The Bertz CT molecular complexity index is 523. The van der Waals surface area contributed by atoms with Gasteiger partial charge in [-0.15, -0.1) is 14.8 Å². The van der Waals surface area contributed by atoms with E-state index >= 15 is 0 Å². The zero-order valence-corrected chi connectivity index (χ0v) is 10.1. The summed E-state index contributed by atoms with van der Waals surface area (Å²) in [5.41, 5.74) is 0.648. The summed E-state index contributed by atoms with van der Waals surface area (Å²) < 4.78 is 1.44. The summed E-state index contributed by atoms with van der Waals surface area (Å²) in [5, 5.41) is 24.6. The molecule has 1 saturated carbocycles. The van der Waals surface area contributed by atoms with Gasteiger partial charge in [-0.1, -0.05) is 0 Å². The molecule has 2 aromatic rings. The maximum Gasteiger partial charge on any atom is 0.200 e. The molecule has 0 atom stereocenters. The molecule has 96 valence electrons. The Morgan fingerprint density at radius 2 is 2.28 bits per heavy atom. The molecule has 7 heteroatoms. The first-order valence-corrected chi connectivity index (χ1v) is 6.31. The molecule has 2 aromatic heterocycles. The van der Waals surface area contributed by atoms with Crippen LogP contribution in [0.4, 0.5) is 5.82 Å². The van der Waals surface area contributed by atoms with Crippen LogP contribution in [0.2, 0.25) is 0 Å². The Hall–Kier alpha value is -1.76. The smallest absolute Gasteiger partial charge is 0.200 e. The lowest BCUT2D eigenvalue weighted by Gasteiger charge is -2.38. The number of tetrazole rings is 1. The van der Waals surface area contributed by atoms with Crippen LogP contribution < -0.4 is 4.90 Å². The number of fused-ring (bicyclic) bond motifs is 1. The number of aromatic nitrogens is 5. The number of nitrogens with zero attached hydrogens (tertiary/aromatic N) is 6. The molecule has 7 nitrogen and oxygen atoms in total. The second kappa shape index (κ2) is 4.85. The van der Waals surface area contributed by atoms with Crippen molar-refractivity contribution in [3.63, 3.8) is 0 Å². The molecule has 3 rings (SSSR count). The molecule has 1 aliphatic carbocycles. The van der Waals surface area contributed by atoms with Crippen molar-refractivity contribution in [1.82, 2.24) is 25.3 Å². The third-order valence-corrected chi connectivity index (χ3v) is 3.42. The van der Waals surface area contributed by atoms with Gasteiger partial charge in [-0.2, -0.15) is 0 Å². The van der Waals surface area contributed by atoms with Gasteiger partial charge < -0.3 is 10.0 Å². The zero-order chi connectivity index (χ0) is 12.4. The van der Waals surface area contributed by atoms with E-state index in [2.05, 4.69) is 25.5 Å². The second-order valence-corrected chi connectivity index (χ2v) is 4.57. The molecule has 18 heavy (non-hydrogen) atoms. The fourth-order valence-corrected chi connectivity index (χ4v) is 2.22. The van der Waals surface area contributed by atoms with Crippen LogP contribution in [-0.4, -0.2) is 49.6 Å². The summed E-state index contributed by atoms with van der Waals surface area (Å²) in [4.78, 5) is 2.25. The summed E-state index contributed by atoms with van der Waals surface area (Å²) in [6.07, 6.45) is 4.42. The van der Waals surface area contributed by atoms with Crippen molar-refractivity contribution in [3.8, 4) is 0 Å². The summed E-state index contributed by atoms with van der Waals surface area (Å²) in [5.74, 6) is 0.882. The van der Waals surface area contributed by atoms with Gasteiger partial charge in [0.2, 0.25) is 0 Å². The van der Waals surface area contributed by atoms with Gasteiger partial charge in [0.1, 0.15) is 0 Å². The molecule has 0 saturated heterocycles. The number of hydrogen-bond acceptors (Lipinski definition) is 6. The van der Waals surface area contributed by atoms with Crippen LogP contribution in [0.25, 0.3) is 5.65 Å². The zero-order valence-electron chi connectivity index (χ0n) is 10.1. The Kier molecular flexibility index (Phi) is 3.06. The van der Waals surface area contributed by atoms with E-state index in [1.54, 1.807) is 0 Å². The Labute approximate surface area is 104 Å². The highest BCUT2D eigenvalue weighted by Gasteiger charge is 2.26. The summed E-state index contributed by atoms with van der Waals surface area (Å²) in [6.45, 7) is 1.03. The predicted molar refractivity (Wildman–Crippen MR) is 65.3 cm³/mol. The Morgan fingerprint density at radius 3 is 3.00 bits per heavy atom. The van der Waals surface area contributed by atoms with Gasteiger partial charge in [-0.05, 0) is 48.2 Å².